The quantitative estimate of drug-likeness (QED) is 0.749. The van der Waals surface area contributed by atoms with Gasteiger partial charge < -0.3 is 20.1 Å². The van der Waals surface area contributed by atoms with Crippen molar-refractivity contribution >= 4 is 34.8 Å². The number of benzene rings is 1. The van der Waals surface area contributed by atoms with Crippen LogP contribution in [0.1, 0.15) is 19.8 Å². The Morgan fingerprint density at radius 3 is 2.92 bits per heavy atom. The first-order chi connectivity index (χ1) is 12.2. The molecule has 6 nitrogen and oxygen atoms in total. The van der Waals surface area contributed by atoms with Gasteiger partial charge in [-0.1, -0.05) is 6.92 Å². The third-order valence-corrected chi connectivity index (χ3v) is 4.56. The summed E-state index contributed by atoms with van der Waals surface area (Å²) in [6.07, 6.45) is 1.37. The average Bonchev–Trinajstić information content (AvgIpc) is 3.09. The Hall–Kier alpha value is -1.67. The molecule has 1 unspecified atom stereocenters. The minimum absolute atomic E-state index is 0. The summed E-state index contributed by atoms with van der Waals surface area (Å²) in [6.45, 7) is 4.86. The SMILES string of the molecule is CCCOc1ccc(-c2csc(NC(=O)CC3COCCN3)n2)cc1.Cl. The lowest BCUT2D eigenvalue weighted by molar-refractivity contribution is -0.117. The fourth-order valence-electron chi connectivity index (χ4n) is 2.55. The topological polar surface area (TPSA) is 72.5 Å². The molecule has 2 heterocycles. The molecule has 26 heavy (non-hydrogen) atoms. The highest BCUT2D eigenvalue weighted by Gasteiger charge is 2.17. The Balaban J connectivity index is 0.00000243. The minimum atomic E-state index is -0.0489. The molecule has 142 valence electrons. The summed E-state index contributed by atoms with van der Waals surface area (Å²) in [5, 5.41) is 8.70. The first kappa shape index (κ1) is 20.6. The Morgan fingerprint density at radius 2 is 2.23 bits per heavy atom. The monoisotopic (exact) mass is 397 g/mol. The molecular weight excluding hydrogens is 374 g/mol. The van der Waals surface area contributed by atoms with Crippen LogP contribution < -0.4 is 15.4 Å². The van der Waals surface area contributed by atoms with Crippen molar-refractivity contribution < 1.29 is 14.3 Å². The second kappa shape index (κ2) is 10.5. The van der Waals surface area contributed by atoms with E-state index in [0.717, 1.165) is 30.0 Å². The number of morpholine rings is 1. The normalized spacial score (nSPS) is 16.6. The molecule has 1 fully saturated rings. The number of amides is 1. The zero-order valence-corrected chi connectivity index (χ0v) is 16.3. The number of halogens is 1. The van der Waals surface area contributed by atoms with E-state index in [2.05, 4.69) is 22.5 Å². The molecule has 1 aliphatic rings. The van der Waals surface area contributed by atoms with Crippen LogP contribution in [0, 0.1) is 0 Å². The Labute approximate surface area is 163 Å². The van der Waals surface area contributed by atoms with E-state index in [-0.39, 0.29) is 24.4 Å². The van der Waals surface area contributed by atoms with E-state index in [1.165, 1.54) is 11.3 Å². The number of nitrogens with one attached hydrogen (secondary N) is 2. The molecule has 1 aromatic heterocycles. The number of aromatic nitrogens is 1. The van der Waals surface area contributed by atoms with E-state index >= 15 is 0 Å². The summed E-state index contributed by atoms with van der Waals surface area (Å²) in [5.41, 5.74) is 1.85. The molecule has 2 aromatic rings. The second-order valence-corrected chi connectivity index (χ2v) is 6.75. The van der Waals surface area contributed by atoms with Crippen LogP contribution in [-0.4, -0.2) is 43.3 Å². The fraction of sp³-hybridized carbons (Fsp3) is 0.444. The van der Waals surface area contributed by atoms with Gasteiger partial charge in [-0.05, 0) is 30.7 Å². The van der Waals surface area contributed by atoms with Gasteiger partial charge in [-0.3, -0.25) is 4.79 Å². The molecule has 3 rings (SSSR count). The van der Waals surface area contributed by atoms with E-state index in [9.17, 15) is 4.79 Å². The molecule has 1 aromatic carbocycles. The van der Waals surface area contributed by atoms with Gasteiger partial charge in [0, 0.05) is 30.0 Å². The van der Waals surface area contributed by atoms with Crippen molar-refractivity contribution in [2.75, 3.05) is 31.7 Å². The number of anilines is 1. The zero-order valence-electron chi connectivity index (χ0n) is 14.7. The summed E-state index contributed by atoms with van der Waals surface area (Å²) in [4.78, 5) is 16.6. The van der Waals surface area contributed by atoms with E-state index in [4.69, 9.17) is 9.47 Å². The Kier molecular flexibility index (Phi) is 8.31. The Bertz CT molecular complexity index is 687. The largest absolute Gasteiger partial charge is 0.494 e. The van der Waals surface area contributed by atoms with Crippen molar-refractivity contribution in [1.82, 2.24) is 10.3 Å². The van der Waals surface area contributed by atoms with Gasteiger partial charge >= 0.3 is 0 Å². The molecule has 8 heteroatoms. The molecular formula is C18H24ClN3O3S. The molecule has 1 atom stereocenters. The smallest absolute Gasteiger partial charge is 0.227 e. The maximum absolute atomic E-state index is 12.1. The number of ether oxygens (including phenoxy) is 2. The summed E-state index contributed by atoms with van der Waals surface area (Å²) >= 11 is 1.43. The highest BCUT2D eigenvalue weighted by molar-refractivity contribution is 7.14. The summed E-state index contributed by atoms with van der Waals surface area (Å²) < 4.78 is 10.9. The van der Waals surface area contributed by atoms with E-state index < -0.39 is 0 Å². The molecule has 0 spiro atoms. The highest BCUT2D eigenvalue weighted by atomic mass is 35.5. The van der Waals surface area contributed by atoms with Crippen molar-refractivity contribution in [3.8, 4) is 17.0 Å². The van der Waals surface area contributed by atoms with Crippen LogP contribution in [0.25, 0.3) is 11.3 Å². The first-order valence-electron chi connectivity index (χ1n) is 8.54. The van der Waals surface area contributed by atoms with Gasteiger partial charge in [-0.2, -0.15) is 0 Å². The molecule has 1 saturated heterocycles. The zero-order chi connectivity index (χ0) is 17.5. The predicted octanol–water partition coefficient (Wildman–Crippen LogP) is 3.34. The van der Waals surface area contributed by atoms with E-state index in [0.29, 0.717) is 31.4 Å². The third-order valence-electron chi connectivity index (χ3n) is 3.80. The molecule has 0 radical (unpaired) electrons. The van der Waals surface area contributed by atoms with Gasteiger partial charge in [0.05, 0.1) is 25.5 Å². The van der Waals surface area contributed by atoms with Gasteiger partial charge in [0.1, 0.15) is 5.75 Å². The number of nitrogens with zero attached hydrogens (tertiary/aromatic N) is 1. The van der Waals surface area contributed by atoms with Crippen molar-refractivity contribution in [3.63, 3.8) is 0 Å². The van der Waals surface area contributed by atoms with Gasteiger partial charge in [0.2, 0.25) is 5.91 Å². The molecule has 0 saturated carbocycles. The second-order valence-electron chi connectivity index (χ2n) is 5.89. The third kappa shape index (κ3) is 5.95. The number of rotatable bonds is 7. The highest BCUT2D eigenvalue weighted by Crippen LogP contribution is 2.26. The fourth-order valence-corrected chi connectivity index (χ4v) is 3.29. The van der Waals surface area contributed by atoms with Gasteiger partial charge in [0.25, 0.3) is 0 Å². The summed E-state index contributed by atoms with van der Waals surface area (Å²) in [6, 6.07) is 7.92. The summed E-state index contributed by atoms with van der Waals surface area (Å²) in [5.74, 6) is 0.809. The van der Waals surface area contributed by atoms with Crippen molar-refractivity contribution in [1.29, 1.82) is 0 Å². The van der Waals surface area contributed by atoms with Crippen LogP contribution in [0.5, 0.6) is 5.75 Å². The molecule has 0 bridgehead atoms. The lowest BCUT2D eigenvalue weighted by Gasteiger charge is -2.22. The lowest BCUT2D eigenvalue weighted by atomic mass is 10.2. The number of hydrogen-bond donors (Lipinski definition) is 2. The maximum Gasteiger partial charge on any atom is 0.227 e. The minimum Gasteiger partial charge on any atom is -0.494 e. The van der Waals surface area contributed by atoms with Gasteiger partial charge in [-0.25, -0.2) is 4.98 Å². The van der Waals surface area contributed by atoms with E-state index in [1.54, 1.807) is 0 Å². The van der Waals surface area contributed by atoms with E-state index in [1.807, 2.05) is 29.6 Å². The number of carbonyl (C=O) groups is 1. The number of carbonyl (C=O) groups excluding carboxylic acids is 1. The summed E-state index contributed by atoms with van der Waals surface area (Å²) in [7, 11) is 0. The van der Waals surface area contributed by atoms with Gasteiger partial charge in [-0.15, -0.1) is 23.7 Å². The van der Waals surface area contributed by atoms with Crippen LogP contribution in [0.4, 0.5) is 5.13 Å². The van der Waals surface area contributed by atoms with Crippen molar-refractivity contribution in [3.05, 3.63) is 29.6 Å². The van der Waals surface area contributed by atoms with Crippen LogP contribution >= 0.6 is 23.7 Å². The maximum atomic E-state index is 12.1. The molecule has 1 amide bonds. The predicted molar refractivity (Wildman–Crippen MR) is 106 cm³/mol. The lowest BCUT2D eigenvalue weighted by Crippen LogP contribution is -2.43. The standard InChI is InChI=1S/C18H23N3O3S.ClH/c1-2-8-24-15-5-3-13(4-6-15)16-12-25-18(20-16)21-17(22)10-14-11-23-9-7-19-14;/h3-6,12,14,19H,2,7-11H2,1H3,(H,20,21,22);1H. The van der Waals surface area contributed by atoms with Crippen LogP contribution in [0.2, 0.25) is 0 Å². The number of hydrogen-bond acceptors (Lipinski definition) is 6. The van der Waals surface area contributed by atoms with Crippen molar-refractivity contribution in [2.45, 2.75) is 25.8 Å². The van der Waals surface area contributed by atoms with Gasteiger partial charge in [0.15, 0.2) is 5.13 Å². The first-order valence-corrected chi connectivity index (χ1v) is 9.42. The van der Waals surface area contributed by atoms with Crippen molar-refractivity contribution in [2.24, 2.45) is 0 Å². The molecule has 1 aliphatic heterocycles. The Morgan fingerprint density at radius 1 is 1.42 bits per heavy atom. The van der Waals surface area contributed by atoms with Crippen LogP contribution in [0.3, 0.4) is 0 Å². The van der Waals surface area contributed by atoms with Crippen LogP contribution in [0.15, 0.2) is 29.6 Å². The number of thiazole rings is 1. The molecule has 0 aliphatic carbocycles. The van der Waals surface area contributed by atoms with Crippen LogP contribution in [-0.2, 0) is 9.53 Å². The molecule has 2 N–H and O–H groups in total. The average molecular weight is 398 g/mol.